The lowest BCUT2D eigenvalue weighted by atomic mass is 9.81. The van der Waals surface area contributed by atoms with Crippen molar-refractivity contribution in [2.75, 3.05) is 13.2 Å². The van der Waals surface area contributed by atoms with E-state index in [1.807, 2.05) is 77.1 Å². The predicted octanol–water partition coefficient (Wildman–Crippen LogP) is 8.31. The van der Waals surface area contributed by atoms with E-state index >= 15 is 0 Å². The fourth-order valence-electron chi connectivity index (χ4n) is 5.24. The van der Waals surface area contributed by atoms with E-state index in [4.69, 9.17) is 9.47 Å². The van der Waals surface area contributed by atoms with Gasteiger partial charge in [-0.3, -0.25) is 14.6 Å². The molecule has 1 fully saturated rings. The molecule has 6 nitrogen and oxygen atoms in total. The van der Waals surface area contributed by atoms with E-state index in [1.54, 1.807) is 12.3 Å². The third-order valence-electron chi connectivity index (χ3n) is 7.63. The Labute approximate surface area is 259 Å². The summed E-state index contributed by atoms with van der Waals surface area (Å²) in [4.78, 5) is 31.4. The number of carbonyl (C=O) groups is 2. The Morgan fingerprint density at radius 2 is 1.88 bits per heavy atom. The molecular formula is C37H52N2O4. The number of hydrogen-bond donors (Lipinski definition) is 1. The van der Waals surface area contributed by atoms with E-state index in [-0.39, 0.29) is 24.3 Å². The van der Waals surface area contributed by atoms with Crippen LogP contribution in [0.2, 0.25) is 0 Å². The van der Waals surface area contributed by atoms with Crippen molar-refractivity contribution >= 4 is 17.4 Å². The first kappa shape index (κ1) is 35.5. The summed E-state index contributed by atoms with van der Waals surface area (Å²) in [6.07, 6.45) is 18.7. The minimum atomic E-state index is -0.635. The van der Waals surface area contributed by atoms with Crippen molar-refractivity contribution in [2.24, 2.45) is 17.3 Å². The van der Waals surface area contributed by atoms with Gasteiger partial charge < -0.3 is 14.8 Å². The minimum absolute atomic E-state index is 0.0527. The summed E-state index contributed by atoms with van der Waals surface area (Å²) in [5.74, 6) is -0.114. The van der Waals surface area contributed by atoms with Crippen molar-refractivity contribution in [3.8, 4) is 0 Å². The van der Waals surface area contributed by atoms with Gasteiger partial charge >= 0.3 is 5.97 Å². The van der Waals surface area contributed by atoms with Gasteiger partial charge in [-0.15, -0.1) is 6.58 Å². The molecule has 2 rings (SSSR count). The van der Waals surface area contributed by atoms with Crippen molar-refractivity contribution in [2.45, 2.75) is 85.2 Å². The first-order valence-electron chi connectivity index (χ1n) is 15.4. The molecule has 2 atom stereocenters. The Morgan fingerprint density at radius 1 is 1.16 bits per heavy atom. The molecule has 0 aromatic carbocycles. The highest BCUT2D eigenvalue weighted by molar-refractivity contribution is 5.84. The lowest BCUT2D eigenvalue weighted by molar-refractivity contribution is -0.159. The zero-order valence-corrected chi connectivity index (χ0v) is 27.0. The van der Waals surface area contributed by atoms with Crippen LogP contribution in [0.4, 0.5) is 0 Å². The van der Waals surface area contributed by atoms with Crippen LogP contribution in [-0.4, -0.2) is 35.6 Å². The van der Waals surface area contributed by atoms with Crippen molar-refractivity contribution in [1.82, 2.24) is 10.3 Å². The maximum atomic E-state index is 13.7. The molecule has 0 radical (unpaired) electrons. The molecular weight excluding hydrogens is 536 g/mol. The van der Waals surface area contributed by atoms with Gasteiger partial charge in [-0.05, 0) is 78.0 Å². The van der Waals surface area contributed by atoms with Crippen molar-refractivity contribution < 1.29 is 19.1 Å². The molecule has 0 bridgehead atoms. The van der Waals surface area contributed by atoms with Crippen LogP contribution in [0.1, 0.15) is 85.3 Å². The van der Waals surface area contributed by atoms with Crippen LogP contribution in [0.15, 0.2) is 91.9 Å². The monoisotopic (exact) mass is 588 g/mol. The summed E-state index contributed by atoms with van der Waals surface area (Å²) in [5, 5.41) is 3.12. The highest BCUT2D eigenvalue weighted by atomic mass is 16.6. The number of carbonyl (C=O) groups excluding carboxylic acids is 2. The number of ether oxygens (including phenoxy) is 2. The standard InChI is InChI=1S/C37H52N2O4/c1-9-12-17-30(10-2)27-42-29(5)25-37(21-14-15-22-37)35(41)39-26-32(34(40)43-36(6,7)8)24-28(4)19-20-31(11-3)33-18-13-16-23-38-33/h9-13,16,18-20,23,30,32H,2-3,5,14-15,17,21-22,24-27H2,1,4,6-8H3,(H,39,41)/b12-9-,28-19+,31-20+. The summed E-state index contributed by atoms with van der Waals surface area (Å²) >= 11 is 0. The lowest BCUT2D eigenvalue weighted by Crippen LogP contribution is -2.43. The number of amides is 1. The molecule has 1 N–H and O–H groups in total. The number of pyridine rings is 1. The topological polar surface area (TPSA) is 77.5 Å². The maximum Gasteiger partial charge on any atom is 0.311 e. The Bertz CT molecular complexity index is 1180. The van der Waals surface area contributed by atoms with E-state index in [0.717, 1.165) is 48.9 Å². The molecule has 234 valence electrons. The summed E-state index contributed by atoms with van der Waals surface area (Å²) in [7, 11) is 0. The zero-order valence-electron chi connectivity index (χ0n) is 27.0. The van der Waals surface area contributed by atoms with E-state index in [0.29, 0.717) is 25.2 Å². The normalized spacial score (nSPS) is 16.8. The second kappa shape index (κ2) is 17.4. The summed E-state index contributed by atoms with van der Waals surface area (Å²) in [6, 6.07) is 5.73. The maximum absolute atomic E-state index is 13.7. The highest BCUT2D eigenvalue weighted by Crippen LogP contribution is 2.43. The molecule has 1 amide bonds. The summed E-state index contributed by atoms with van der Waals surface area (Å²) in [5.41, 5.74) is 1.46. The van der Waals surface area contributed by atoms with Crippen LogP contribution in [0.3, 0.4) is 0 Å². The van der Waals surface area contributed by atoms with Gasteiger partial charge in [-0.25, -0.2) is 0 Å². The molecule has 0 saturated heterocycles. The quantitative estimate of drug-likeness (QED) is 0.0857. The number of esters is 1. The SMILES string of the molecule is C=C/C(=C\C=C(/C)CC(CNC(=O)C1(CC(=C)OCC(C=C)C/C=C\C)CCCC1)C(=O)OC(C)(C)C)c1ccccn1. The zero-order chi connectivity index (χ0) is 31.9. The van der Waals surface area contributed by atoms with Gasteiger partial charge in [-0.1, -0.05) is 74.1 Å². The van der Waals surface area contributed by atoms with Crippen LogP contribution in [0.25, 0.3) is 5.57 Å². The molecule has 1 saturated carbocycles. The summed E-state index contributed by atoms with van der Waals surface area (Å²) < 4.78 is 11.8. The Kier molecular flexibility index (Phi) is 14.4. The smallest absolute Gasteiger partial charge is 0.311 e. The molecule has 43 heavy (non-hydrogen) atoms. The molecule has 1 aliphatic rings. The predicted molar refractivity (Wildman–Crippen MR) is 177 cm³/mol. The molecule has 1 aromatic heterocycles. The van der Waals surface area contributed by atoms with Gasteiger partial charge in [0.25, 0.3) is 0 Å². The Balaban J connectivity index is 2.14. The molecule has 6 heteroatoms. The highest BCUT2D eigenvalue weighted by Gasteiger charge is 2.42. The summed E-state index contributed by atoms with van der Waals surface area (Å²) in [6.45, 7) is 22.2. The van der Waals surface area contributed by atoms with Gasteiger partial charge in [0, 0.05) is 25.1 Å². The Morgan fingerprint density at radius 3 is 2.47 bits per heavy atom. The van der Waals surface area contributed by atoms with Crippen LogP contribution in [-0.2, 0) is 19.1 Å². The number of hydrogen-bond acceptors (Lipinski definition) is 5. The third kappa shape index (κ3) is 12.2. The molecule has 2 unspecified atom stereocenters. The fraction of sp³-hybridized carbons (Fsp3) is 0.486. The minimum Gasteiger partial charge on any atom is -0.498 e. The van der Waals surface area contributed by atoms with Gasteiger partial charge in [-0.2, -0.15) is 0 Å². The first-order valence-corrected chi connectivity index (χ1v) is 15.4. The van der Waals surface area contributed by atoms with Gasteiger partial charge in [0.1, 0.15) is 5.60 Å². The third-order valence-corrected chi connectivity index (χ3v) is 7.63. The second-order valence-corrected chi connectivity index (χ2v) is 12.5. The van der Waals surface area contributed by atoms with Crippen LogP contribution in [0, 0.1) is 17.3 Å². The van der Waals surface area contributed by atoms with E-state index < -0.39 is 16.9 Å². The molecule has 0 spiro atoms. The first-order chi connectivity index (χ1) is 20.4. The number of nitrogens with zero attached hydrogens (tertiary/aromatic N) is 1. The largest absolute Gasteiger partial charge is 0.498 e. The average Bonchev–Trinajstić information content (AvgIpc) is 3.44. The van der Waals surface area contributed by atoms with Gasteiger partial charge in [0.15, 0.2) is 0 Å². The lowest BCUT2D eigenvalue weighted by Gasteiger charge is -2.30. The van der Waals surface area contributed by atoms with Crippen LogP contribution < -0.4 is 5.32 Å². The second-order valence-electron chi connectivity index (χ2n) is 12.5. The van der Waals surface area contributed by atoms with Crippen LogP contribution >= 0.6 is 0 Å². The van der Waals surface area contributed by atoms with Crippen molar-refractivity contribution in [1.29, 1.82) is 0 Å². The fourth-order valence-corrected chi connectivity index (χ4v) is 5.24. The van der Waals surface area contributed by atoms with Crippen molar-refractivity contribution in [3.05, 3.63) is 97.6 Å². The molecule has 0 aliphatic heterocycles. The molecule has 1 aromatic rings. The van der Waals surface area contributed by atoms with Gasteiger partial charge in [0.05, 0.1) is 29.4 Å². The number of aromatic nitrogens is 1. The van der Waals surface area contributed by atoms with Gasteiger partial charge in [0.2, 0.25) is 5.91 Å². The number of allylic oxidation sites excluding steroid dienone is 8. The average molecular weight is 589 g/mol. The molecule has 1 aliphatic carbocycles. The molecule has 1 heterocycles. The number of nitrogens with one attached hydrogen (secondary N) is 1. The number of rotatable bonds is 17. The van der Waals surface area contributed by atoms with Crippen LogP contribution in [0.5, 0.6) is 0 Å². The Hall–Kier alpha value is -3.67. The van der Waals surface area contributed by atoms with E-state index in [2.05, 4.69) is 36.1 Å². The van der Waals surface area contributed by atoms with E-state index in [1.165, 1.54) is 0 Å². The van der Waals surface area contributed by atoms with Crippen molar-refractivity contribution in [3.63, 3.8) is 0 Å². The van der Waals surface area contributed by atoms with E-state index in [9.17, 15) is 9.59 Å².